The molecule has 2 saturated heterocycles. The quantitative estimate of drug-likeness (QED) is 0.742. The zero-order valence-electron chi connectivity index (χ0n) is 12.1. The van der Waals surface area contributed by atoms with E-state index in [1.807, 2.05) is 11.6 Å². The lowest BCUT2D eigenvalue weighted by Gasteiger charge is -2.32. The second-order valence-electron chi connectivity index (χ2n) is 5.34. The first-order valence-electron chi connectivity index (χ1n) is 7.45. The first-order chi connectivity index (χ1) is 10.3. The van der Waals surface area contributed by atoms with E-state index in [9.17, 15) is 4.79 Å². The van der Waals surface area contributed by atoms with Crippen LogP contribution in [0.4, 0.5) is 0 Å². The van der Waals surface area contributed by atoms with E-state index in [2.05, 4.69) is 14.8 Å². The van der Waals surface area contributed by atoms with Crippen LogP contribution in [0.1, 0.15) is 12.8 Å². The van der Waals surface area contributed by atoms with Crippen molar-refractivity contribution in [1.29, 1.82) is 0 Å². The highest BCUT2D eigenvalue weighted by Crippen LogP contribution is 2.24. The van der Waals surface area contributed by atoms with E-state index in [4.69, 9.17) is 4.74 Å². The smallest absolute Gasteiger partial charge is 0.222 e. The van der Waals surface area contributed by atoms with Crippen molar-refractivity contribution in [3.05, 3.63) is 11.6 Å². The topological polar surface area (TPSA) is 45.7 Å². The van der Waals surface area contributed by atoms with E-state index in [-0.39, 0.29) is 0 Å². The van der Waals surface area contributed by atoms with Gasteiger partial charge in [-0.25, -0.2) is 4.98 Å². The van der Waals surface area contributed by atoms with E-state index in [0.29, 0.717) is 18.4 Å². The predicted molar refractivity (Wildman–Crippen MR) is 84.8 cm³/mol. The average Bonchev–Trinajstić information content (AvgIpc) is 3.13. The molecule has 21 heavy (non-hydrogen) atoms. The molecular formula is C14H21N3O2S2. The standard InChI is InChI=1S/C14H21N3O2S2/c18-13-2-1-12(11-16-4-7-19-8-5-16)17(13)6-10-21-14-15-3-9-20-14/h3,9,12H,1-2,4-8,10-11H2/t12-/m1/s1. The van der Waals surface area contributed by atoms with E-state index >= 15 is 0 Å². The molecule has 0 bridgehead atoms. The monoisotopic (exact) mass is 327 g/mol. The van der Waals surface area contributed by atoms with Gasteiger partial charge in [0.2, 0.25) is 5.91 Å². The minimum absolute atomic E-state index is 0.313. The van der Waals surface area contributed by atoms with Gasteiger partial charge in [0.15, 0.2) is 0 Å². The van der Waals surface area contributed by atoms with Crippen molar-refractivity contribution in [1.82, 2.24) is 14.8 Å². The lowest BCUT2D eigenvalue weighted by molar-refractivity contribution is -0.129. The van der Waals surface area contributed by atoms with Gasteiger partial charge in [-0.3, -0.25) is 9.69 Å². The van der Waals surface area contributed by atoms with Crippen LogP contribution in [0, 0.1) is 0 Å². The largest absolute Gasteiger partial charge is 0.379 e. The molecule has 3 heterocycles. The maximum absolute atomic E-state index is 12.1. The Bertz CT molecular complexity index is 449. The van der Waals surface area contributed by atoms with Crippen molar-refractivity contribution < 1.29 is 9.53 Å². The summed E-state index contributed by atoms with van der Waals surface area (Å²) in [6.45, 7) is 5.45. The molecule has 1 aromatic heterocycles. The van der Waals surface area contributed by atoms with Crippen LogP contribution in [-0.2, 0) is 9.53 Å². The minimum atomic E-state index is 0.313. The van der Waals surface area contributed by atoms with Crippen LogP contribution in [0.2, 0.25) is 0 Å². The lowest BCUT2D eigenvalue weighted by Crippen LogP contribution is -2.46. The first kappa shape index (κ1) is 15.3. The fraction of sp³-hybridized carbons (Fsp3) is 0.714. The van der Waals surface area contributed by atoms with Crippen LogP contribution in [-0.4, -0.2) is 71.9 Å². The third-order valence-electron chi connectivity index (χ3n) is 3.99. The van der Waals surface area contributed by atoms with Gasteiger partial charge in [-0.2, -0.15) is 0 Å². The fourth-order valence-electron chi connectivity index (χ4n) is 2.89. The Hall–Kier alpha value is -0.630. The number of likely N-dealkylation sites (tertiary alicyclic amines) is 1. The Morgan fingerprint density at radius 3 is 3.05 bits per heavy atom. The second kappa shape index (κ2) is 7.58. The highest BCUT2D eigenvalue weighted by molar-refractivity contribution is 8.01. The van der Waals surface area contributed by atoms with Crippen molar-refractivity contribution >= 4 is 29.0 Å². The summed E-state index contributed by atoms with van der Waals surface area (Å²) in [7, 11) is 0. The second-order valence-corrected chi connectivity index (χ2v) is 7.58. The number of ether oxygens (including phenoxy) is 1. The van der Waals surface area contributed by atoms with Gasteiger partial charge in [-0.1, -0.05) is 11.8 Å². The van der Waals surface area contributed by atoms with Gasteiger partial charge in [0.25, 0.3) is 0 Å². The number of amides is 1. The van der Waals surface area contributed by atoms with Gasteiger partial charge in [0.05, 0.1) is 13.2 Å². The Labute approximate surface area is 133 Å². The molecule has 0 unspecified atom stereocenters. The molecule has 0 spiro atoms. The summed E-state index contributed by atoms with van der Waals surface area (Å²) >= 11 is 3.41. The molecule has 1 atom stereocenters. The number of hydrogen-bond acceptors (Lipinski definition) is 6. The first-order valence-corrected chi connectivity index (χ1v) is 9.31. The number of nitrogens with zero attached hydrogens (tertiary/aromatic N) is 3. The van der Waals surface area contributed by atoms with Crippen molar-refractivity contribution in [2.24, 2.45) is 0 Å². The van der Waals surface area contributed by atoms with E-state index in [0.717, 1.165) is 55.9 Å². The average molecular weight is 327 g/mol. The third kappa shape index (κ3) is 4.18. The van der Waals surface area contributed by atoms with Gasteiger partial charge >= 0.3 is 0 Å². The van der Waals surface area contributed by atoms with Gasteiger partial charge in [-0.15, -0.1) is 11.3 Å². The van der Waals surface area contributed by atoms with Gasteiger partial charge in [0.1, 0.15) is 4.34 Å². The number of carbonyl (C=O) groups excluding carboxylic acids is 1. The van der Waals surface area contributed by atoms with Crippen LogP contribution in [0.5, 0.6) is 0 Å². The maximum atomic E-state index is 12.1. The molecule has 0 aliphatic carbocycles. The van der Waals surface area contributed by atoms with Gasteiger partial charge in [0, 0.05) is 56.0 Å². The Balaban J connectivity index is 1.47. The molecule has 116 valence electrons. The normalized spacial score (nSPS) is 23.9. The van der Waals surface area contributed by atoms with Gasteiger partial charge in [-0.05, 0) is 6.42 Å². The molecule has 7 heteroatoms. The molecule has 1 aromatic rings. The highest BCUT2D eigenvalue weighted by atomic mass is 32.2. The van der Waals surface area contributed by atoms with Crippen LogP contribution >= 0.6 is 23.1 Å². The molecule has 2 aliphatic rings. The molecule has 0 radical (unpaired) electrons. The number of carbonyl (C=O) groups is 1. The fourth-order valence-corrected chi connectivity index (χ4v) is 4.53. The summed E-state index contributed by atoms with van der Waals surface area (Å²) in [5.74, 6) is 1.24. The van der Waals surface area contributed by atoms with Crippen molar-refractivity contribution in [3.8, 4) is 0 Å². The number of rotatable bonds is 6. The van der Waals surface area contributed by atoms with E-state index < -0.39 is 0 Å². The Morgan fingerprint density at radius 1 is 1.43 bits per heavy atom. The number of aromatic nitrogens is 1. The number of hydrogen-bond donors (Lipinski definition) is 0. The summed E-state index contributed by atoms with van der Waals surface area (Å²) in [5, 5.41) is 1.99. The zero-order chi connectivity index (χ0) is 14.5. The summed E-state index contributed by atoms with van der Waals surface area (Å²) < 4.78 is 6.48. The Morgan fingerprint density at radius 2 is 2.29 bits per heavy atom. The minimum Gasteiger partial charge on any atom is -0.379 e. The van der Waals surface area contributed by atoms with E-state index in [1.165, 1.54) is 0 Å². The van der Waals surface area contributed by atoms with Crippen LogP contribution < -0.4 is 0 Å². The molecule has 5 nitrogen and oxygen atoms in total. The molecule has 0 aromatic carbocycles. The molecule has 2 aliphatic heterocycles. The molecule has 1 amide bonds. The Kier molecular flexibility index (Phi) is 5.51. The summed E-state index contributed by atoms with van der Waals surface area (Å²) in [5.41, 5.74) is 0. The van der Waals surface area contributed by atoms with Gasteiger partial charge < -0.3 is 9.64 Å². The molecule has 2 fully saturated rings. The van der Waals surface area contributed by atoms with Crippen molar-refractivity contribution in [3.63, 3.8) is 0 Å². The summed E-state index contributed by atoms with van der Waals surface area (Å²) in [6.07, 6.45) is 3.53. The number of thioether (sulfide) groups is 1. The van der Waals surface area contributed by atoms with Crippen LogP contribution in [0.25, 0.3) is 0 Å². The predicted octanol–water partition coefficient (Wildman–Crippen LogP) is 1.56. The molecular weight excluding hydrogens is 306 g/mol. The highest BCUT2D eigenvalue weighted by Gasteiger charge is 2.32. The third-order valence-corrected chi connectivity index (χ3v) is 5.94. The summed E-state index contributed by atoms with van der Waals surface area (Å²) in [6, 6.07) is 0.382. The maximum Gasteiger partial charge on any atom is 0.222 e. The molecule has 0 saturated carbocycles. The lowest BCUT2D eigenvalue weighted by atomic mass is 10.2. The van der Waals surface area contributed by atoms with Crippen molar-refractivity contribution in [2.45, 2.75) is 23.2 Å². The van der Waals surface area contributed by atoms with Crippen LogP contribution in [0.3, 0.4) is 0 Å². The zero-order valence-corrected chi connectivity index (χ0v) is 13.7. The molecule has 0 N–H and O–H groups in total. The van der Waals surface area contributed by atoms with Crippen molar-refractivity contribution in [2.75, 3.05) is 45.1 Å². The van der Waals surface area contributed by atoms with E-state index in [1.54, 1.807) is 23.1 Å². The number of morpholine rings is 1. The summed E-state index contributed by atoms with van der Waals surface area (Å²) in [4.78, 5) is 20.9. The molecule has 3 rings (SSSR count). The number of thiazole rings is 1. The van der Waals surface area contributed by atoms with Crippen LogP contribution in [0.15, 0.2) is 15.9 Å². The SMILES string of the molecule is O=C1CC[C@H](CN2CCOCC2)N1CCSc1nccs1.